The van der Waals surface area contributed by atoms with Gasteiger partial charge in [-0.15, -0.1) is 0 Å². The summed E-state index contributed by atoms with van der Waals surface area (Å²) < 4.78 is 4.09. The number of benzene rings is 3. The predicted molar refractivity (Wildman–Crippen MR) is 150 cm³/mol. The number of para-hydroxylation sites is 1. The molecule has 0 spiro atoms. The number of hydrogen-bond donors (Lipinski definition) is 3. The second-order valence-corrected chi connectivity index (χ2v) is 8.88. The van der Waals surface area contributed by atoms with Crippen LogP contribution in [0.3, 0.4) is 0 Å². The van der Waals surface area contributed by atoms with Gasteiger partial charge in [-0.25, -0.2) is 9.13 Å². The summed E-state index contributed by atoms with van der Waals surface area (Å²) in [7, 11) is 4.02. The summed E-state index contributed by atoms with van der Waals surface area (Å²) in [6, 6.07) is 30.0. The summed E-state index contributed by atoms with van der Waals surface area (Å²) in [5, 5.41) is 10.9. The van der Waals surface area contributed by atoms with E-state index in [-0.39, 0.29) is 5.91 Å². The van der Waals surface area contributed by atoms with Gasteiger partial charge in [0, 0.05) is 47.4 Å². The molecule has 0 saturated heterocycles. The fourth-order valence-electron chi connectivity index (χ4n) is 4.05. The molecule has 6 nitrogen and oxygen atoms in total. The van der Waals surface area contributed by atoms with Crippen molar-refractivity contribution in [3.8, 4) is 0 Å². The van der Waals surface area contributed by atoms with Crippen molar-refractivity contribution in [1.29, 1.82) is 0 Å². The number of aromatic nitrogens is 2. The second-order valence-electron chi connectivity index (χ2n) is 8.88. The molecule has 0 bridgehead atoms. The number of carbonyl (C=O) groups excluding carboxylic acids is 1. The van der Waals surface area contributed by atoms with E-state index in [1.807, 2.05) is 116 Å². The van der Waals surface area contributed by atoms with Crippen molar-refractivity contribution in [2.75, 3.05) is 16.0 Å². The third-order valence-electron chi connectivity index (χ3n) is 6.08. The molecule has 0 unspecified atom stereocenters. The van der Waals surface area contributed by atoms with Gasteiger partial charge in [0.2, 0.25) is 11.4 Å². The molecular weight excluding hydrogens is 458 g/mol. The van der Waals surface area contributed by atoms with Gasteiger partial charge < -0.3 is 16.0 Å². The molecule has 1 amide bonds. The molecule has 37 heavy (non-hydrogen) atoms. The fourth-order valence-corrected chi connectivity index (χ4v) is 4.05. The molecule has 2 heterocycles. The van der Waals surface area contributed by atoms with E-state index in [0.717, 1.165) is 44.9 Å². The maximum Gasteiger partial charge on any atom is 0.248 e. The van der Waals surface area contributed by atoms with Crippen molar-refractivity contribution in [2.45, 2.75) is 0 Å². The molecule has 3 N–H and O–H groups in total. The number of nitrogens with one attached hydrogen (secondary N) is 3. The topological polar surface area (TPSA) is 60.9 Å². The van der Waals surface area contributed by atoms with E-state index < -0.39 is 0 Å². The molecule has 0 aliphatic carbocycles. The molecule has 0 aliphatic rings. The Balaban J connectivity index is 1.17. The van der Waals surface area contributed by atoms with E-state index in [4.69, 9.17) is 0 Å². The van der Waals surface area contributed by atoms with Gasteiger partial charge in [-0.1, -0.05) is 24.3 Å². The predicted octanol–water partition coefficient (Wildman–Crippen LogP) is 5.63. The molecule has 0 saturated carbocycles. The highest BCUT2D eigenvalue weighted by molar-refractivity contribution is 6.02. The number of pyridine rings is 2. The monoisotopic (exact) mass is 487 g/mol. The maximum absolute atomic E-state index is 12.4. The highest BCUT2D eigenvalue weighted by atomic mass is 16.1. The minimum Gasteiger partial charge on any atom is -0.355 e. The van der Waals surface area contributed by atoms with Crippen LogP contribution in [-0.2, 0) is 18.9 Å². The van der Waals surface area contributed by atoms with Crippen LogP contribution in [0.4, 0.5) is 28.4 Å². The number of aryl methyl sites for hydroxylation is 2. The van der Waals surface area contributed by atoms with E-state index in [0.29, 0.717) is 0 Å². The highest BCUT2D eigenvalue weighted by Gasteiger charge is 2.09. The van der Waals surface area contributed by atoms with Gasteiger partial charge in [-0.3, -0.25) is 4.79 Å². The summed E-state index contributed by atoms with van der Waals surface area (Å²) in [5.74, 6) is -0.179. The van der Waals surface area contributed by atoms with Gasteiger partial charge in [-0.2, -0.15) is 0 Å². The lowest BCUT2D eigenvalue weighted by molar-refractivity contribution is -0.671. The summed E-state index contributed by atoms with van der Waals surface area (Å²) in [4.78, 5) is 12.4. The van der Waals surface area contributed by atoms with Crippen LogP contribution in [0, 0.1) is 0 Å². The summed E-state index contributed by atoms with van der Waals surface area (Å²) in [5.41, 5.74) is 6.84. The van der Waals surface area contributed by atoms with Gasteiger partial charge >= 0.3 is 0 Å². The van der Waals surface area contributed by atoms with E-state index in [1.165, 1.54) is 0 Å². The van der Waals surface area contributed by atoms with Crippen molar-refractivity contribution in [3.63, 3.8) is 0 Å². The highest BCUT2D eigenvalue weighted by Crippen LogP contribution is 2.24. The molecular formula is C31H29N5O+2. The van der Waals surface area contributed by atoms with Crippen LogP contribution in [0.2, 0.25) is 0 Å². The number of nitrogens with zero attached hydrogens (tertiary/aromatic N) is 2. The van der Waals surface area contributed by atoms with Crippen molar-refractivity contribution in [3.05, 3.63) is 121 Å². The van der Waals surface area contributed by atoms with Gasteiger partial charge in [0.05, 0.1) is 16.8 Å². The van der Waals surface area contributed by atoms with E-state index >= 15 is 0 Å². The first-order valence-corrected chi connectivity index (χ1v) is 12.1. The third-order valence-corrected chi connectivity index (χ3v) is 6.08. The van der Waals surface area contributed by atoms with Gasteiger partial charge in [-0.05, 0) is 54.1 Å². The van der Waals surface area contributed by atoms with Crippen LogP contribution >= 0.6 is 0 Å². The zero-order valence-corrected chi connectivity index (χ0v) is 20.8. The third kappa shape index (κ3) is 6.00. The smallest absolute Gasteiger partial charge is 0.248 e. The Labute approximate surface area is 216 Å². The van der Waals surface area contributed by atoms with Crippen LogP contribution in [-0.4, -0.2) is 5.91 Å². The summed E-state index contributed by atoms with van der Waals surface area (Å²) >= 11 is 0. The van der Waals surface area contributed by atoms with Crippen LogP contribution < -0.4 is 25.1 Å². The first-order chi connectivity index (χ1) is 18.0. The largest absolute Gasteiger partial charge is 0.355 e. The molecule has 3 aromatic carbocycles. The molecule has 182 valence electrons. The number of fused-ring (bicyclic) bond motifs is 1. The second kappa shape index (κ2) is 10.7. The van der Waals surface area contributed by atoms with Crippen molar-refractivity contribution >= 4 is 51.3 Å². The molecule has 6 heteroatoms. The van der Waals surface area contributed by atoms with Crippen LogP contribution in [0.25, 0.3) is 17.0 Å². The first-order valence-electron chi connectivity index (χ1n) is 12.1. The SMILES string of the molecule is C[n+]1ccc(Nc2ccc(NC(=O)C=Cc3ccc(Nc4cc[n+](C)c5ccccc45)cc3)cc2)cc1. The van der Waals surface area contributed by atoms with E-state index in [1.54, 1.807) is 6.08 Å². The number of rotatable bonds is 7. The van der Waals surface area contributed by atoms with Crippen LogP contribution in [0.15, 0.2) is 116 Å². The minimum absolute atomic E-state index is 0.179. The van der Waals surface area contributed by atoms with E-state index in [9.17, 15) is 4.79 Å². The Morgan fingerprint density at radius 3 is 2.05 bits per heavy atom. The molecule has 0 radical (unpaired) electrons. The first kappa shape index (κ1) is 23.8. The average Bonchev–Trinajstić information content (AvgIpc) is 2.92. The Morgan fingerprint density at radius 1 is 0.676 bits per heavy atom. The fraction of sp³-hybridized carbons (Fsp3) is 0.0645. The number of carbonyl (C=O) groups is 1. The zero-order valence-electron chi connectivity index (χ0n) is 20.8. The number of hydrogen-bond acceptors (Lipinski definition) is 3. The van der Waals surface area contributed by atoms with Gasteiger partial charge in [0.25, 0.3) is 0 Å². The maximum atomic E-state index is 12.4. The Kier molecular flexibility index (Phi) is 6.90. The normalized spacial score (nSPS) is 11.0. The lowest BCUT2D eigenvalue weighted by atomic mass is 10.1. The standard InChI is InChI=1S/C31H27N5O/c1-35-20-17-27(18-21-35)32-24-12-14-26(15-13-24)34-31(37)16-9-23-7-10-25(11-8-23)33-29-19-22-36(2)30-6-4-3-5-28(29)30/h3-22H,1-2H3,(H,34,37)/p+2. The summed E-state index contributed by atoms with van der Waals surface area (Å²) in [6.07, 6.45) is 9.37. The van der Waals surface area contributed by atoms with Gasteiger partial charge in [0.1, 0.15) is 14.1 Å². The molecule has 2 aromatic heterocycles. The molecule has 0 atom stereocenters. The van der Waals surface area contributed by atoms with Crippen LogP contribution in [0.5, 0.6) is 0 Å². The van der Waals surface area contributed by atoms with Crippen molar-refractivity contribution in [2.24, 2.45) is 14.1 Å². The molecule has 5 rings (SSSR count). The van der Waals surface area contributed by atoms with Gasteiger partial charge in [0.15, 0.2) is 18.6 Å². The van der Waals surface area contributed by atoms with E-state index in [2.05, 4.69) is 38.7 Å². The van der Waals surface area contributed by atoms with Crippen molar-refractivity contribution < 1.29 is 13.9 Å². The Morgan fingerprint density at radius 2 is 1.30 bits per heavy atom. The Hall–Kier alpha value is -4.97. The average molecular weight is 488 g/mol. The number of amides is 1. The molecule has 0 fully saturated rings. The number of anilines is 5. The Bertz CT molecular complexity index is 1560. The summed E-state index contributed by atoms with van der Waals surface area (Å²) in [6.45, 7) is 0. The lowest BCUT2D eigenvalue weighted by Gasteiger charge is -2.09. The molecule has 5 aromatic rings. The quantitative estimate of drug-likeness (QED) is 0.206. The van der Waals surface area contributed by atoms with Crippen LogP contribution in [0.1, 0.15) is 5.56 Å². The lowest BCUT2D eigenvalue weighted by Crippen LogP contribution is -2.28. The zero-order chi connectivity index (χ0) is 25.6. The van der Waals surface area contributed by atoms with Crippen molar-refractivity contribution in [1.82, 2.24) is 0 Å². The molecule has 0 aliphatic heterocycles. The minimum atomic E-state index is -0.179.